The zero-order valence-corrected chi connectivity index (χ0v) is 12.7. The molecular weight excluding hydrogens is 262 g/mol. The molecule has 2 atom stereocenters. The van der Waals surface area contributed by atoms with Gasteiger partial charge in [0, 0.05) is 0 Å². The van der Waals surface area contributed by atoms with Gasteiger partial charge in [0.2, 0.25) is 0 Å². The van der Waals surface area contributed by atoms with Gasteiger partial charge in [-0.1, -0.05) is 31.9 Å². The van der Waals surface area contributed by atoms with E-state index in [1.54, 1.807) is 6.08 Å². The summed E-state index contributed by atoms with van der Waals surface area (Å²) in [5.74, 6) is 2.24. The highest BCUT2D eigenvalue weighted by Crippen LogP contribution is 2.28. The van der Waals surface area contributed by atoms with E-state index in [0.29, 0.717) is 11.5 Å². The van der Waals surface area contributed by atoms with E-state index in [1.807, 2.05) is 0 Å². The molecule has 114 valence electrons. The molecule has 0 radical (unpaired) electrons. The fourth-order valence-electron chi connectivity index (χ4n) is 2.88. The summed E-state index contributed by atoms with van der Waals surface area (Å²) in [5, 5.41) is 9.79. The van der Waals surface area contributed by atoms with Crippen molar-refractivity contribution >= 4 is 6.08 Å². The van der Waals surface area contributed by atoms with E-state index in [4.69, 9.17) is 5.73 Å². The zero-order valence-electron chi connectivity index (χ0n) is 12.7. The van der Waals surface area contributed by atoms with E-state index in [0.717, 1.165) is 31.1 Å². The van der Waals surface area contributed by atoms with Crippen LogP contribution in [0.15, 0.2) is 24.5 Å². The second-order valence-corrected chi connectivity index (χ2v) is 5.81. The second kappa shape index (κ2) is 7.81. The van der Waals surface area contributed by atoms with Gasteiger partial charge in [-0.05, 0) is 49.8 Å². The van der Waals surface area contributed by atoms with E-state index in [-0.39, 0.29) is 5.75 Å². The minimum atomic E-state index is 0.177. The van der Waals surface area contributed by atoms with Crippen LogP contribution in [0.1, 0.15) is 50.5 Å². The summed E-state index contributed by atoms with van der Waals surface area (Å²) in [7, 11) is 0. The van der Waals surface area contributed by atoms with Gasteiger partial charge in [0.25, 0.3) is 0 Å². The first-order valence-electron chi connectivity index (χ1n) is 7.80. The predicted octanol–water partition coefficient (Wildman–Crippen LogP) is 3.43. The van der Waals surface area contributed by atoms with E-state index in [9.17, 15) is 5.11 Å². The summed E-state index contributed by atoms with van der Waals surface area (Å²) >= 11 is 0. The molecule has 1 heterocycles. The molecule has 0 spiro atoms. The Hall–Kier alpha value is -1.84. The highest BCUT2D eigenvalue weighted by molar-refractivity contribution is 5.40. The number of nitrogens with two attached hydrogens (primary N) is 1. The van der Waals surface area contributed by atoms with Crippen molar-refractivity contribution in [1.82, 2.24) is 9.97 Å². The Kier molecular flexibility index (Phi) is 5.78. The van der Waals surface area contributed by atoms with Crippen molar-refractivity contribution in [3.63, 3.8) is 0 Å². The van der Waals surface area contributed by atoms with Gasteiger partial charge in [-0.3, -0.25) is 0 Å². The molecule has 1 aromatic rings. The Morgan fingerprint density at radius 1 is 1.48 bits per heavy atom. The lowest BCUT2D eigenvalue weighted by molar-refractivity contribution is 0.381. The first kappa shape index (κ1) is 15.5. The van der Waals surface area contributed by atoms with Crippen LogP contribution in [0.3, 0.4) is 0 Å². The van der Waals surface area contributed by atoms with Crippen molar-refractivity contribution in [1.29, 1.82) is 0 Å². The van der Waals surface area contributed by atoms with Crippen molar-refractivity contribution < 1.29 is 5.11 Å². The molecule has 1 aliphatic carbocycles. The summed E-state index contributed by atoms with van der Waals surface area (Å²) in [6.45, 7) is 2.34. The Morgan fingerprint density at radius 2 is 2.33 bits per heavy atom. The minimum absolute atomic E-state index is 0.177. The van der Waals surface area contributed by atoms with Crippen LogP contribution < -0.4 is 5.73 Å². The van der Waals surface area contributed by atoms with Crippen molar-refractivity contribution in [3.05, 3.63) is 36.1 Å². The Balaban J connectivity index is 1.77. The van der Waals surface area contributed by atoms with Crippen LogP contribution in [0.5, 0.6) is 5.75 Å². The third-order valence-electron chi connectivity index (χ3n) is 4.21. The number of aromatic hydroxyl groups is 1. The molecule has 21 heavy (non-hydrogen) atoms. The van der Waals surface area contributed by atoms with E-state index < -0.39 is 0 Å². The smallest absolute Gasteiger partial charge is 0.155 e. The van der Waals surface area contributed by atoms with Gasteiger partial charge in [-0.2, -0.15) is 0 Å². The summed E-state index contributed by atoms with van der Waals surface area (Å²) in [6, 6.07) is 0. The molecule has 4 heteroatoms. The van der Waals surface area contributed by atoms with E-state index in [1.165, 1.54) is 31.7 Å². The number of nitrogens with zero attached hydrogens (tertiary/aromatic N) is 2. The number of aromatic nitrogens is 2. The molecular formula is C17H25N3O. The lowest BCUT2D eigenvalue weighted by atomic mass is 9.89. The molecule has 3 N–H and O–H groups in total. The van der Waals surface area contributed by atoms with Crippen molar-refractivity contribution in [3.8, 4) is 5.75 Å². The molecule has 0 bridgehead atoms. The van der Waals surface area contributed by atoms with Crippen molar-refractivity contribution in [2.24, 2.45) is 17.6 Å². The SMILES string of the molecule is C[C@@H](CCCCc1nc(/C=C\N)ncc1O)[C@H]1C=CCC1. The Bertz CT molecular complexity index is 511. The Morgan fingerprint density at radius 3 is 3.05 bits per heavy atom. The van der Waals surface area contributed by atoms with E-state index in [2.05, 4.69) is 29.0 Å². The molecule has 2 rings (SSSR count). The van der Waals surface area contributed by atoms with Gasteiger partial charge >= 0.3 is 0 Å². The van der Waals surface area contributed by atoms with Gasteiger partial charge < -0.3 is 10.8 Å². The van der Waals surface area contributed by atoms with E-state index >= 15 is 0 Å². The predicted molar refractivity (Wildman–Crippen MR) is 85.5 cm³/mol. The van der Waals surface area contributed by atoms with Gasteiger partial charge in [-0.15, -0.1) is 0 Å². The van der Waals surface area contributed by atoms with Crippen LogP contribution in [0.4, 0.5) is 0 Å². The lowest BCUT2D eigenvalue weighted by Crippen LogP contribution is -2.06. The zero-order chi connectivity index (χ0) is 15.1. The number of hydrogen-bond donors (Lipinski definition) is 2. The van der Waals surface area contributed by atoms with Crippen molar-refractivity contribution in [2.75, 3.05) is 0 Å². The molecule has 1 aliphatic rings. The fraction of sp³-hybridized carbons (Fsp3) is 0.529. The monoisotopic (exact) mass is 287 g/mol. The van der Waals surface area contributed by atoms with Crippen LogP contribution in [0, 0.1) is 11.8 Å². The molecule has 0 unspecified atom stereocenters. The van der Waals surface area contributed by atoms with Gasteiger partial charge in [0.05, 0.1) is 11.9 Å². The van der Waals surface area contributed by atoms with Crippen LogP contribution in [0.2, 0.25) is 0 Å². The second-order valence-electron chi connectivity index (χ2n) is 5.81. The number of allylic oxidation sites excluding steroid dienone is 2. The van der Waals surface area contributed by atoms with Crippen molar-refractivity contribution in [2.45, 2.75) is 45.4 Å². The normalized spacial score (nSPS) is 19.4. The third kappa shape index (κ3) is 4.59. The summed E-state index contributed by atoms with van der Waals surface area (Å²) in [4.78, 5) is 8.32. The average molecular weight is 287 g/mol. The maximum absolute atomic E-state index is 9.79. The number of aryl methyl sites for hydroxylation is 1. The molecule has 0 amide bonds. The highest BCUT2D eigenvalue weighted by Gasteiger charge is 2.16. The molecule has 0 saturated heterocycles. The van der Waals surface area contributed by atoms with Crippen LogP contribution >= 0.6 is 0 Å². The largest absolute Gasteiger partial charge is 0.504 e. The van der Waals surface area contributed by atoms with Gasteiger partial charge in [0.15, 0.2) is 11.6 Å². The lowest BCUT2D eigenvalue weighted by Gasteiger charge is -2.17. The van der Waals surface area contributed by atoms with Crippen LogP contribution in [-0.2, 0) is 6.42 Å². The molecule has 4 nitrogen and oxygen atoms in total. The topological polar surface area (TPSA) is 72.0 Å². The van der Waals surface area contributed by atoms with Gasteiger partial charge in [0.1, 0.15) is 0 Å². The number of unbranched alkanes of at least 4 members (excludes halogenated alkanes) is 1. The molecule has 0 saturated carbocycles. The standard InChI is InChI=1S/C17H25N3O/c1-13(14-7-3-4-8-14)6-2-5-9-15-16(21)12-19-17(20-15)10-11-18/h3,7,10-14,21H,2,4-6,8-9,18H2,1H3/b11-10-/t13-,14-/m0/s1. The Labute approximate surface area is 126 Å². The molecule has 0 aromatic carbocycles. The minimum Gasteiger partial charge on any atom is -0.504 e. The molecule has 1 aromatic heterocycles. The first-order chi connectivity index (χ1) is 10.2. The first-order valence-corrected chi connectivity index (χ1v) is 7.80. The highest BCUT2D eigenvalue weighted by atomic mass is 16.3. The number of hydrogen-bond acceptors (Lipinski definition) is 4. The quantitative estimate of drug-likeness (QED) is 0.595. The summed E-state index contributed by atoms with van der Waals surface area (Å²) in [6.07, 6.45) is 15.9. The third-order valence-corrected chi connectivity index (χ3v) is 4.21. The molecule has 0 aliphatic heterocycles. The maximum Gasteiger partial charge on any atom is 0.155 e. The van der Waals surface area contributed by atoms with Crippen LogP contribution in [0.25, 0.3) is 6.08 Å². The average Bonchev–Trinajstić information content (AvgIpc) is 3.01. The van der Waals surface area contributed by atoms with Gasteiger partial charge in [-0.25, -0.2) is 9.97 Å². The summed E-state index contributed by atoms with van der Waals surface area (Å²) < 4.78 is 0. The fourth-order valence-corrected chi connectivity index (χ4v) is 2.88. The van der Waals surface area contributed by atoms with Crippen LogP contribution in [-0.4, -0.2) is 15.1 Å². The maximum atomic E-state index is 9.79. The number of rotatable bonds is 7. The molecule has 0 fully saturated rings. The summed E-state index contributed by atoms with van der Waals surface area (Å²) in [5.41, 5.74) is 6.05.